The molecule has 110 valence electrons. The van der Waals surface area contributed by atoms with E-state index in [0.717, 1.165) is 13.0 Å². The Morgan fingerprint density at radius 2 is 2.16 bits per heavy atom. The Kier molecular flexibility index (Phi) is 5.96. The van der Waals surface area contributed by atoms with Gasteiger partial charge in [0.15, 0.2) is 0 Å². The first kappa shape index (κ1) is 16.1. The molecule has 6 nitrogen and oxygen atoms in total. The van der Waals surface area contributed by atoms with E-state index in [1.54, 1.807) is 10.9 Å². The predicted octanol–water partition coefficient (Wildman–Crippen LogP) is 0.912. The minimum Gasteiger partial charge on any atom is -0.318 e. The van der Waals surface area contributed by atoms with Crippen molar-refractivity contribution in [1.82, 2.24) is 19.4 Å². The highest BCUT2D eigenvalue weighted by Crippen LogP contribution is 2.18. The second kappa shape index (κ2) is 7.02. The summed E-state index contributed by atoms with van der Waals surface area (Å²) in [6.07, 6.45) is 3.81. The van der Waals surface area contributed by atoms with Crippen LogP contribution in [0.4, 0.5) is 0 Å². The lowest BCUT2D eigenvalue weighted by Crippen LogP contribution is -2.37. The van der Waals surface area contributed by atoms with Gasteiger partial charge >= 0.3 is 0 Å². The SMILES string of the molecule is CCC(C)N(CC)S(=O)(=O)c1cnn(CCNC)c1. The number of hydrogen-bond acceptors (Lipinski definition) is 4. The second-order valence-electron chi connectivity index (χ2n) is 4.51. The Bertz CT molecular complexity index is 484. The third-order valence-corrected chi connectivity index (χ3v) is 5.24. The summed E-state index contributed by atoms with van der Waals surface area (Å²) in [6.45, 7) is 7.64. The van der Waals surface area contributed by atoms with Gasteiger partial charge < -0.3 is 5.32 Å². The van der Waals surface area contributed by atoms with Crippen molar-refractivity contribution in [3.63, 3.8) is 0 Å². The molecule has 0 aliphatic carbocycles. The lowest BCUT2D eigenvalue weighted by atomic mass is 10.3. The molecule has 1 rings (SSSR count). The molecule has 0 radical (unpaired) electrons. The molecule has 1 aromatic rings. The van der Waals surface area contributed by atoms with Crippen molar-refractivity contribution in [3.8, 4) is 0 Å². The van der Waals surface area contributed by atoms with E-state index in [1.807, 2.05) is 27.8 Å². The molecule has 1 aromatic heterocycles. The van der Waals surface area contributed by atoms with Gasteiger partial charge in [-0.15, -0.1) is 0 Å². The largest absolute Gasteiger partial charge is 0.318 e. The summed E-state index contributed by atoms with van der Waals surface area (Å²) in [4.78, 5) is 0.269. The quantitative estimate of drug-likeness (QED) is 0.772. The van der Waals surface area contributed by atoms with Crippen LogP contribution in [0.5, 0.6) is 0 Å². The second-order valence-corrected chi connectivity index (χ2v) is 6.40. The molecule has 0 aliphatic heterocycles. The van der Waals surface area contributed by atoms with Crippen molar-refractivity contribution in [3.05, 3.63) is 12.4 Å². The number of rotatable bonds is 8. The molecule has 0 aliphatic rings. The summed E-state index contributed by atoms with van der Waals surface area (Å²) in [6, 6.07) is -0.00402. The Hall–Kier alpha value is -0.920. The number of sulfonamides is 1. The van der Waals surface area contributed by atoms with E-state index in [9.17, 15) is 8.42 Å². The first-order chi connectivity index (χ1) is 8.97. The van der Waals surface area contributed by atoms with Crippen molar-refractivity contribution < 1.29 is 8.42 Å². The average molecular weight is 288 g/mol. The van der Waals surface area contributed by atoms with Gasteiger partial charge in [0.05, 0.1) is 12.7 Å². The minimum absolute atomic E-state index is 0.00402. The van der Waals surface area contributed by atoms with Crippen LogP contribution in [0.3, 0.4) is 0 Å². The van der Waals surface area contributed by atoms with Gasteiger partial charge in [-0.05, 0) is 20.4 Å². The summed E-state index contributed by atoms with van der Waals surface area (Å²) in [7, 11) is -1.59. The molecule has 1 atom stereocenters. The van der Waals surface area contributed by atoms with E-state index in [0.29, 0.717) is 13.1 Å². The van der Waals surface area contributed by atoms with Crippen molar-refractivity contribution in [2.45, 2.75) is 44.7 Å². The van der Waals surface area contributed by atoms with E-state index < -0.39 is 10.0 Å². The topological polar surface area (TPSA) is 67.2 Å². The molecule has 1 N–H and O–H groups in total. The lowest BCUT2D eigenvalue weighted by molar-refractivity contribution is 0.342. The highest BCUT2D eigenvalue weighted by atomic mass is 32.2. The normalized spacial score (nSPS) is 13.9. The molecular weight excluding hydrogens is 264 g/mol. The Morgan fingerprint density at radius 1 is 1.47 bits per heavy atom. The van der Waals surface area contributed by atoms with Crippen LogP contribution in [-0.4, -0.2) is 48.7 Å². The highest BCUT2D eigenvalue weighted by molar-refractivity contribution is 7.89. The van der Waals surface area contributed by atoms with E-state index in [4.69, 9.17) is 0 Å². The summed E-state index contributed by atoms with van der Waals surface area (Å²) in [5.74, 6) is 0. The van der Waals surface area contributed by atoms with Crippen LogP contribution in [0, 0.1) is 0 Å². The van der Waals surface area contributed by atoms with Crippen molar-refractivity contribution in [2.75, 3.05) is 20.1 Å². The number of likely N-dealkylation sites (N-methyl/N-ethyl adjacent to an activating group) is 1. The zero-order valence-electron chi connectivity index (χ0n) is 12.1. The van der Waals surface area contributed by atoms with Crippen LogP contribution in [0.2, 0.25) is 0 Å². The van der Waals surface area contributed by atoms with Crippen molar-refractivity contribution >= 4 is 10.0 Å². The van der Waals surface area contributed by atoms with Crippen molar-refractivity contribution in [1.29, 1.82) is 0 Å². The van der Waals surface area contributed by atoms with Gasteiger partial charge in [-0.2, -0.15) is 9.40 Å². The Balaban J connectivity index is 2.95. The molecule has 0 spiro atoms. The smallest absolute Gasteiger partial charge is 0.246 e. The molecule has 1 unspecified atom stereocenters. The van der Waals surface area contributed by atoms with E-state index in [2.05, 4.69) is 10.4 Å². The molecule has 0 bridgehead atoms. The number of aromatic nitrogens is 2. The zero-order valence-corrected chi connectivity index (χ0v) is 12.9. The molecule has 0 fully saturated rings. The summed E-state index contributed by atoms with van der Waals surface area (Å²) in [5.41, 5.74) is 0. The van der Waals surface area contributed by atoms with Crippen LogP contribution in [-0.2, 0) is 16.6 Å². The van der Waals surface area contributed by atoms with Gasteiger partial charge in [-0.25, -0.2) is 8.42 Å². The molecule has 0 aromatic carbocycles. The van der Waals surface area contributed by atoms with Crippen molar-refractivity contribution in [2.24, 2.45) is 0 Å². The van der Waals surface area contributed by atoms with Crippen LogP contribution < -0.4 is 5.32 Å². The van der Waals surface area contributed by atoms with Gasteiger partial charge in [-0.3, -0.25) is 4.68 Å². The molecule has 1 heterocycles. The van der Waals surface area contributed by atoms with Gasteiger partial charge in [0.2, 0.25) is 10.0 Å². The first-order valence-corrected chi connectivity index (χ1v) is 8.10. The molecule has 19 heavy (non-hydrogen) atoms. The average Bonchev–Trinajstić information content (AvgIpc) is 2.86. The van der Waals surface area contributed by atoms with Gasteiger partial charge in [-0.1, -0.05) is 13.8 Å². The summed E-state index contributed by atoms with van der Waals surface area (Å²) < 4.78 is 28.2. The zero-order chi connectivity index (χ0) is 14.5. The molecule has 0 amide bonds. The lowest BCUT2D eigenvalue weighted by Gasteiger charge is -2.25. The third kappa shape index (κ3) is 3.77. The van der Waals surface area contributed by atoms with Crippen LogP contribution in [0.25, 0.3) is 0 Å². The fourth-order valence-electron chi connectivity index (χ4n) is 1.88. The van der Waals surface area contributed by atoms with Crippen LogP contribution in [0.1, 0.15) is 27.2 Å². The third-order valence-electron chi connectivity index (χ3n) is 3.20. The van der Waals surface area contributed by atoms with Gasteiger partial charge in [0, 0.05) is 25.3 Å². The highest BCUT2D eigenvalue weighted by Gasteiger charge is 2.27. The van der Waals surface area contributed by atoms with Gasteiger partial charge in [0.1, 0.15) is 4.90 Å². The number of nitrogens with zero attached hydrogens (tertiary/aromatic N) is 3. The minimum atomic E-state index is -3.44. The van der Waals surface area contributed by atoms with E-state index in [1.165, 1.54) is 10.5 Å². The maximum Gasteiger partial charge on any atom is 0.246 e. The standard InChI is InChI=1S/C12H24N4O2S/c1-5-11(3)16(6-2)19(17,18)12-9-14-15(10-12)8-7-13-4/h9-11,13H,5-8H2,1-4H3. The Morgan fingerprint density at radius 3 is 2.68 bits per heavy atom. The molecule has 7 heteroatoms. The van der Waals surface area contributed by atoms with Crippen LogP contribution in [0.15, 0.2) is 17.3 Å². The monoisotopic (exact) mass is 288 g/mol. The fourth-order valence-corrected chi connectivity index (χ4v) is 3.55. The maximum atomic E-state index is 12.5. The van der Waals surface area contributed by atoms with E-state index >= 15 is 0 Å². The number of nitrogens with one attached hydrogen (secondary N) is 1. The summed E-state index contributed by atoms with van der Waals surface area (Å²) >= 11 is 0. The molecule has 0 saturated heterocycles. The summed E-state index contributed by atoms with van der Waals surface area (Å²) in [5, 5.41) is 7.10. The number of hydrogen-bond donors (Lipinski definition) is 1. The van der Waals surface area contributed by atoms with Gasteiger partial charge in [0.25, 0.3) is 0 Å². The maximum absolute atomic E-state index is 12.5. The Labute approximate surface area is 115 Å². The molecule has 0 saturated carbocycles. The van der Waals surface area contributed by atoms with Crippen LogP contribution >= 0.6 is 0 Å². The predicted molar refractivity (Wildman–Crippen MR) is 75.5 cm³/mol. The van der Waals surface area contributed by atoms with E-state index in [-0.39, 0.29) is 10.9 Å². The molecular formula is C12H24N4O2S. The fraction of sp³-hybridized carbons (Fsp3) is 0.750. The first-order valence-electron chi connectivity index (χ1n) is 6.66.